The lowest BCUT2D eigenvalue weighted by molar-refractivity contribution is -0.148. The van der Waals surface area contributed by atoms with E-state index in [9.17, 15) is 9.59 Å². The van der Waals surface area contributed by atoms with E-state index in [0.717, 1.165) is 44.4 Å². The summed E-state index contributed by atoms with van der Waals surface area (Å²) in [6, 6.07) is 3.62. The van der Waals surface area contributed by atoms with Crippen LogP contribution in [0.1, 0.15) is 44.3 Å². The van der Waals surface area contributed by atoms with E-state index in [0.29, 0.717) is 25.4 Å². The summed E-state index contributed by atoms with van der Waals surface area (Å²) in [6.45, 7) is 1.68. The highest BCUT2D eigenvalue weighted by atomic mass is 16.5. The number of fused-ring (bicyclic) bond motifs is 1. The van der Waals surface area contributed by atoms with Gasteiger partial charge in [-0.3, -0.25) is 9.59 Å². The normalized spacial score (nSPS) is 29.1. The van der Waals surface area contributed by atoms with Crippen LogP contribution in [0, 0.1) is 5.92 Å². The van der Waals surface area contributed by atoms with Gasteiger partial charge in [0.2, 0.25) is 11.8 Å². The number of methoxy groups -OCH3 is 1. The van der Waals surface area contributed by atoms with Gasteiger partial charge in [0.1, 0.15) is 11.9 Å². The summed E-state index contributed by atoms with van der Waals surface area (Å²) < 4.78 is 16.8. The lowest BCUT2D eigenvalue weighted by Gasteiger charge is -2.42. The van der Waals surface area contributed by atoms with Crippen LogP contribution in [0.25, 0.3) is 0 Å². The number of furan rings is 1. The quantitative estimate of drug-likeness (QED) is 0.820. The number of nitrogens with one attached hydrogen (secondary N) is 1. The molecule has 7 nitrogen and oxygen atoms in total. The van der Waals surface area contributed by atoms with Crippen molar-refractivity contribution in [2.24, 2.45) is 5.92 Å². The summed E-state index contributed by atoms with van der Waals surface area (Å²) in [5.74, 6) is 1.10. The molecule has 27 heavy (non-hydrogen) atoms. The van der Waals surface area contributed by atoms with Crippen LogP contribution >= 0.6 is 0 Å². The highest BCUT2D eigenvalue weighted by Crippen LogP contribution is 2.39. The Morgan fingerprint density at radius 2 is 2.26 bits per heavy atom. The summed E-state index contributed by atoms with van der Waals surface area (Å²) >= 11 is 0. The first-order chi connectivity index (χ1) is 13.1. The first-order valence-electron chi connectivity index (χ1n) is 9.87. The minimum Gasteiger partial charge on any atom is -0.467 e. The number of ether oxygens (including phenoxy) is 2. The number of likely N-dealkylation sites (tertiary alicyclic amines) is 1. The molecule has 3 fully saturated rings. The Bertz CT molecular complexity index is 664. The Morgan fingerprint density at radius 1 is 1.41 bits per heavy atom. The summed E-state index contributed by atoms with van der Waals surface area (Å²) in [6.07, 6.45) is 6.20. The third kappa shape index (κ3) is 3.89. The standard InChI is InChI=1S/C20H28N2O5/c1-25-20(6-3-7-20)11-18(23)22-8-5-14-10-16(27-17(14)13-22)19(24)21-12-15-4-2-9-26-15/h2,4,9,14,16-17H,3,5-8,10-13H2,1H3,(H,21,24)/t14-,16-,17+/m0/s1. The lowest BCUT2D eigenvalue weighted by Crippen LogP contribution is -2.50. The molecule has 1 aliphatic carbocycles. The smallest absolute Gasteiger partial charge is 0.249 e. The van der Waals surface area contributed by atoms with E-state index in [2.05, 4.69) is 5.32 Å². The molecule has 148 valence electrons. The van der Waals surface area contributed by atoms with E-state index < -0.39 is 6.10 Å². The monoisotopic (exact) mass is 376 g/mol. The van der Waals surface area contributed by atoms with E-state index in [1.54, 1.807) is 19.4 Å². The van der Waals surface area contributed by atoms with Crippen LogP contribution in [0.3, 0.4) is 0 Å². The van der Waals surface area contributed by atoms with Crippen molar-refractivity contribution in [2.45, 2.75) is 62.9 Å². The summed E-state index contributed by atoms with van der Waals surface area (Å²) in [4.78, 5) is 27.0. The second kappa shape index (κ2) is 7.64. The number of hydrogen-bond acceptors (Lipinski definition) is 5. The second-order valence-corrected chi connectivity index (χ2v) is 8.00. The summed E-state index contributed by atoms with van der Waals surface area (Å²) in [7, 11) is 1.70. The van der Waals surface area contributed by atoms with Gasteiger partial charge < -0.3 is 24.1 Å². The molecule has 0 aromatic carbocycles. The molecule has 3 atom stereocenters. The Morgan fingerprint density at radius 3 is 2.93 bits per heavy atom. The van der Waals surface area contributed by atoms with Crippen LogP contribution in [0.15, 0.2) is 22.8 Å². The van der Waals surface area contributed by atoms with Gasteiger partial charge >= 0.3 is 0 Å². The van der Waals surface area contributed by atoms with Gasteiger partial charge in [-0.15, -0.1) is 0 Å². The predicted octanol–water partition coefficient (Wildman–Crippen LogP) is 1.86. The first-order valence-corrected chi connectivity index (χ1v) is 9.87. The fourth-order valence-corrected chi connectivity index (χ4v) is 4.44. The van der Waals surface area contributed by atoms with Gasteiger partial charge in [0, 0.05) is 20.2 Å². The number of rotatable bonds is 6. The first kappa shape index (κ1) is 18.5. The average molecular weight is 376 g/mol. The van der Waals surface area contributed by atoms with E-state index in [1.165, 1.54) is 0 Å². The maximum atomic E-state index is 12.7. The second-order valence-electron chi connectivity index (χ2n) is 8.00. The molecular formula is C20H28N2O5. The zero-order chi connectivity index (χ0) is 18.9. The molecule has 0 unspecified atom stereocenters. The summed E-state index contributed by atoms with van der Waals surface area (Å²) in [5, 5.41) is 2.87. The topological polar surface area (TPSA) is 81.0 Å². The average Bonchev–Trinajstić information content (AvgIpc) is 3.31. The number of piperidine rings is 1. The van der Waals surface area contributed by atoms with E-state index in [1.807, 2.05) is 11.0 Å². The molecule has 3 aliphatic rings. The van der Waals surface area contributed by atoms with Crippen LogP contribution in [0.2, 0.25) is 0 Å². The molecule has 0 radical (unpaired) electrons. The molecule has 0 bridgehead atoms. The molecule has 1 aromatic rings. The minimum atomic E-state index is -0.443. The van der Waals surface area contributed by atoms with E-state index in [-0.39, 0.29) is 23.5 Å². The molecule has 3 heterocycles. The third-order valence-electron chi connectivity index (χ3n) is 6.39. The van der Waals surface area contributed by atoms with Crippen molar-refractivity contribution in [1.82, 2.24) is 10.2 Å². The van der Waals surface area contributed by atoms with Crippen molar-refractivity contribution < 1.29 is 23.5 Å². The molecule has 1 saturated carbocycles. The zero-order valence-electron chi connectivity index (χ0n) is 15.8. The van der Waals surface area contributed by atoms with Crippen molar-refractivity contribution in [3.63, 3.8) is 0 Å². The van der Waals surface area contributed by atoms with Gasteiger partial charge in [-0.05, 0) is 50.2 Å². The van der Waals surface area contributed by atoms with Crippen LogP contribution < -0.4 is 5.32 Å². The van der Waals surface area contributed by atoms with Crippen molar-refractivity contribution in [3.8, 4) is 0 Å². The van der Waals surface area contributed by atoms with Crippen LogP contribution in [0.4, 0.5) is 0 Å². The van der Waals surface area contributed by atoms with Gasteiger partial charge in [-0.1, -0.05) is 0 Å². The number of carbonyl (C=O) groups is 2. The van der Waals surface area contributed by atoms with Crippen LogP contribution in [0.5, 0.6) is 0 Å². The Balaban J connectivity index is 1.27. The van der Waals surface area contributed by atoms with Gasteiger partial charge in [0.05, 0.1) is 30.9 Å². The molecule has 4 rings (SSSR count). The number of hydrogen-bond donors (Lipinski definition) is 1. The maximum absolute atomic E-state index is 12.7. The highest BCUT2D eigenvalue weighted by Gasteiger charge is 2.45. The molecule has 2 amide bonds. The molecular weight excluding hydrogens is 348 g/mol. The van der Waals surface area contributed by atoms with E-state index in [4.69, 9.17) is 13.9 Å². The van der Waals surface area contributed by atoms with Crippen LogP contribution in [-0.2, 0) is 25.6 Å². The molecule has 0 spiro atoms. The van der Waals surface area contributed by atoms with Crippen molar-refractivity contribution in [2.75, 3.05) is 20.2 Å². The number of amides is 2. The Hall–Kier alpha value is -1.86. The van der Waals surface area contributed by atoms with E-state index >= 15 is 0 Å². The molecule has 7 heteroatoms. The van der Waals surface area contributed by atoms with Crippen molar-refractivity contribution >= 4 is 11.8 Å². The minimum absolute atomic E-state index is 0.0538. The predicted molar refractivity (Wildman–Crippen MR) is 96.7 cm³/mol. The fraction of sp³-hybridized carbons (Fsp3) is 0.700. The van der Waals surface area contributed by atoms with Gasteiger partial charge in [0.25, 0.3) is 0 Å². The number of nitrogens with zero attached hydrogens (tertiary/aromatic N) is 1. The molecule has 2 saturated heterocycles. The van der Waals surface area contributed by atoms with Gasteiger partial charge in [-0.25, -0.2) is 0 Å². The Labute approximate surface area is 159 Å². The highest BCUT2D eigenvalue weighted by molar-refractivity contribution is 5.81. The van der Waals surface area contributed by atoms with Gasteiger partial charge in [-0.2, -0.15) is 0 Å². The maximum Gasteiger partial charge on any atom is 0.249 e. The van der Waals surface area contributed by atoms with Crippen molar-refractivity contribution in [1.29, 1.82) is 0 Å². The van der Waals surface area contributed by atoms with Crippen LogP contribution in [-0.4, -0.2) is 54.7 Å². The molecule has 2 aliphatic heterocycles. The largest absolute Gasteiger partial charge is 0.467 e. The van der Waals surface area contributed by atoms with Gasteiger partial charge in [0.15, 0.2) is 0 Å². The SMILES string of the molecule is COC1(CC(=O)N2CC[C@H]3C[C@@H](C(=O)NCc4ccco4)O[C@@H]3C2)CCC1. The number of carbonyl (C=O) groups excluding carboxylic acids is 2. The third-order valence-corrected chi connectivity index (χ3v) is 6.39. The molecule has 1 aromatic heterocycles. The molecule has 1 N–H and O–H groups in total. The lowest BCUT2D eigenvalue weighted by atomic mass is 9.77. The Kier molecular flexibility index (Phi) is 5.23. The fourth-order valence-electron chi connectivity index (χ4n) is 4.44. The zero-order valence-corrected chi connectivity index (χ0v) is 15.8. The summed E-state index contributed by atoms with van der Waals surface area (Å²) in [5.41, 5.74) is -0.251. The van der Waals surface area contributed by atoms with Crippen molar-refractivity contribution in [3.05, 3.63) is 24.2 Å².